The van der Waals surface area contributed by atoms with Gasteiger partial charge >= 0.3 is 0 Å². The first-order valence-corrected chi connectivity index (χ1v) is 5.63. The lowest BCUT2D eigenvalue weighted by Gasteiger charge is -2.34. The van der Waals surface area contributed by atoms with Crippen molar-refractivity contribution in [2.24, 2.45) is 5.92 Å². The van der Waals surface area contributed by atoms with Crippen molar-refractivity contribution in [2.45, 2.75) is 44.8 Å². The highest BCUT2D eigenvalue weighted by molar-refractivity contribution is 4.91. The summed E-state index contributed by atoms with van der Waals surface area (Å²) in [7, 11) is 2.26. The maximum Gasteiger partial charge on any atom is 0.0590 e. The second-order valence-corrected chi connectivity index (χ2v) is 4.49. The van der Waals surface area contributed by atoms with E-state index >= 15 is 0 Å². The molecule has 2 nitrogen and oxygen atoms in total. The summed E-state index contributed by atoms with van der Waals surface area (Å²) in [5.74, 6) is 0.974. The predicted octanol–water partition coefficient (Wildman–Crippen LogP) is 1.90. The lowest BCUT2D eigenvalue weighted by Crippen LogP contribution is -2.38. The molecule has 1 aliphatic heterocycles. The first-order valence-electron chi connectivity index (χ1n) is 5.63. The Morgan fingerprint density at radius 3 is 2.92 bits per heavy atom. The summed E-state index contributed by atoms with van der Waals surface area (Å²) in [6.45, 7) is 4.28. The van der Waals surface area contributed by atoms with E-state index in [2.05, 4.69) is 18.9 Å². The van der Waals surface area contributed by atoms with Gasteiger partial charge in [0.1, 0.15) is 0 Å². The van der Waals surface area contributed by atoms with Gasteiger partial charge in [-0.2, -0.15) is 0 Å². The fraction of sp³-hybridized carbons (Fsp3) is 1.00. The van der Waals surface area contributed by atoms with E-state index in [1.54, 1.807) is 0 Å². The number of ether oxygens (including phenoxy) is 1. The van der Waals surface area contributed by atoms with Crippen molar-refractivity contribution in [2.75, 3.05) is 20.2 Å². The first kappa shape index (κ1) is 9.47. The molecule has 0 spiro atoms. The van der Waals surface area contributed by atoms with Gasteiger partial charge in [-0.15, -0.1) is 0 Å². The molecular weight excluding hydrogens is 162 g/mol. The summed E-state index contributed by atoms with van der Waals surface area (Å²) in [6, 6.07) is 0.824. The van der Waals surface area contributed by atoms with Crippen LogP contribution in [0.1, 0.15) is 32.6 Å². The van der Waals surface area contributed by atoms with E-state index in [0.29, 0.717) is 6.10 Å². The smallest absolute Gasteiger partial charge is 0.0590 e. The maximum atomic E-state index is 5.71. The average Bonchev–Trinajstić information content (AvgIpc) is 2.49. The Kier molecular flexibility index (Phi) is 2.89. The Hall–Kier alpha value is -0.0800. The third kappa shape index (κ3) is 1.89. The highest BCUT2D eigenvalue weighted by Crippen LogP contribution is 2.36. The number of nitrogens with zero attached hydrogens (tertiary/aromatic N) is 1. The normalized spacial score (nSPS) is 40.6. The number of hydrogen-bond donors (Lipinski definition) is 0. The molecule has 0 aromatic rings. The number of likely N-dealkylation sites (tertiary alicyclic amines) is 1. The van der Waals surface area contributed by atoms with Crippen LogP contribution in [0.3, 0.4) is 0 Å². The molecular formula is C11H21NO. The van der Waals surface area contributed by atoms with Crippen molar-refractivity contribution in [1.29, 1.82) is 0 Å². The molecule has 0 unspecified atom stereocenters. The van der Waals surface area contributed by atoms with E-state index in [0.717, 1.165) is 18.6 Å². The minimum absolute atomic E-state index is 0.548. The minimum atomic E-state index is 0.548. The van der Waals surface area contributed by atoms with Crippen LogP contribution in [0, 0.1) is 5.92 Å². The van der Waals surface area contributed by atoms with Crippen LogP contribution in [0.2, 0.25) is 0 Å². The molecule has 2 fully saturated rings. The fourth-order valence-electron chi connectivity index (χ4n) is 2.97. The van der Waals surface area contributed by atoms with Gasteiger partial charge in [-0.25, -0.2) is 0 Å². The zero-order valence-electron chi connectivity index (χ0n) is 8.83. The van der Waals surface area contributed by atoms with E-state index in [9.17, 15) is 0 Å². The quantitative estimate of drug-likeness (QED) is 0.648. The van der Waals surface area contributed by atoms with Crippen LogP contribution in [0.5, 0.6) is 0 Å². The lowest BCUT2D eigenvalue weighted by molar-refractivity contribution is 0.00636. The van der Waals surface area contributed by atoms with E-state index < -0.39 is 0 Å². The molecule has 0 aromatic heterocycles. The topological polar surface area (TPSA) is 12.5 Å². The Bertz CT molecular complexity index is 171. The molecule has 76 valence electrons. The van der Waals surface area contributed by atoms with Crippen LogP contribution < -0.4 is 0 Å². The summed E-state index contributed by atoms with van der Waals surface area (Å²) < 4.78 is 5.71. The first-order chi connectivity index (χ1) is 6.31. The van der Waals surface area contributed by atoms with Gasteiger partial charge in [-0.1, -0.05) is 0 Å². The molecule has 1 saturated heterocycles. The number of fused-ring (bicyclic) bond motifs is 1. The average molecular weight is 183 g/mol. The van der Waals surface area contributed by atoms with E-state index in [-0.39, 0.29) is 0 Å². The minimum Gasteiger partial charge on any atom is -0.378 e. The fourth-order valence-corrected chi connectivity index (χ4v) is 2.97. The zero-order valence-corrected chi connectivity index (χ0v) is 8.83. The van der Waals surface area contributed by atoms with Gasteiger partial charge in [0, 0.05) is 12.6 Å². The highest BCUT2D eigenvalue weighted by atomic mass is 16.5. The van der Waals surface area contributed by atoms with Crippen molar-refractivity contribution in [1.82, 2.24) is 4.90 Å². The van der Waals surface area contributed by atoms with Gasteiger partial charge in [-0.05, 0) is 52.1 Å². The van der Waals surface area contributed by atoms with Gasteiger partial charge in [0.15, 0.2) is 0 Å². The van der Waals surface area contributed by atoms with Gasteiger partial charge in [0.2, 0.25) is 0 Å². The van der Waals surface area contributed by atoms with Crippen LogP contribution in [0.15, 0.2) is 0 Å². The maximum absolute atomic E-state index is 5.71. The molecule has 13 heavy (non-hydrogen) atoms. The Morgan fingerprint density at radius 1 is 1.31 bits per heavy atom. The monoisotopic (exact) mass is 183 g/mol. The summed E-state index contributed by atoms with van der Waals surface area (Å²) in [5, 5.41) is 0. The third-order valence-corrected chi connectivity index (χ3v) is 3.73. The van der Waals surface area contributed by atoms with E-state index in [1.165, 1.54) is 32.2 Å². The van der Waals surface area contributed by atoms with Crippen LogP contribution in [0.4, 0.5) is 0 Å². The highest BCUT2D eigenvalue weighted by Gasteiger charge is 2.37. The second-order valence-electron chi connectivity index (χ2n) is 4.49. The van der Waals surface area contributed by atoms with Crippen LogP contribution in [-0.4, -0.2) is 37.2 Å². The standard InChI is InChI=1S/C11H21NO/c1-3-13-10-5-4-9-6-7-12(2)11(9)8-10/h9-11H,3-8H2,1-2H3/t9-,10-,11-/m0/s1. The molecule has 3 atom stereocenters. The van der Waals surface area contributed by atoms with Crippen molar-refractivity contribution < 1.29 is 4.74 Å². The van der Waals surface area contributed by atoms with Crippen molar-refractivity contribution >= 4 is 0 Å². The Morgan fingerprint density at radius 2 is 2.15 bits per heavy atom. The van der Waals surface area contributed by atoms with E-state index in [1.807, 2.05) is 0 Å². The molecule has 0 N–H and O–H groups in total. The van der Waals surface area contributed by atoms with Gasteiger partial charge in [-0.3, -0.25) is 0 Å². The summed E-state index contributed by atoms with van der Waals surface area (Å²) >= 11 is 0. The molecule has 2 rings (SSSR count). The van der Waals surface area contributed by atoms with Gasteiger partial charge in [0.05, 0.1) is 6.10 Å². The summed E-state index contributed by atoms with van der Waals surface area (Å²) in [6.07, 6.45) is 5.92. The Balaban J connectivity index is 1.90. The van der Waals surface area contributed by atoms with Crippen LogP contribution in [0.25, 0.3) is 0 Å². The molecule has 1 saturated carbocycles. The Labute approximate surface area is 81.3 Å². The molecule has 0 amide bonds. The third-order valence-electron chi connectivity index (χ3n) is 3.73. The molecule has 1 heterocycles. The molecule has 2 heteroatoms. The van der Waals surface area contributed by atoms with Crippen LogP contribution >= 0.6 is 0 Å². The van der Waals surface area contributed by atoms with Crippen molar-refractivity contribution in [3.05, 3.63) is 0 Å². The number of rotatable bonds is 2. The van der Waals surface area contributed by atoms with Gasteiger partial charge < -0.3 is 9.64 Å². The second kappa shape index (κ2) is 3.97. The van der Waals surface area contributed by atoms with Crippen molar-refractivity contribution in [3.63, 3.8) is 0 Å². The zero-order chi connectivity index (χ0) is 9.26. The largest absolute Gasteiger partial charge is 0.378 e. The number of hydrogen-bond acceptors (Lipinski definition) is 2. The molecule has 0 radical (unpaired) electrons. The summed E-state index contributed by atoms with van der Waals surface area (Å²) in [5.41, 5.74) is 0. The van der Waals surface area contributed by atoms with Crippen LogP contribution in [-0.2, 0) is 4.74 Å². The van der Waals surface area contributed by atoms with Crippen molar-refractivity contribution in [3.8, 4) is 0 Å². The molecule has 0 aromatic carbocycles. The van der Waals surface area contributed by atoms with E-state index in [4.69, 9.17) is 4.74 Å². The predicted molar refractivity (Wildman–Crippen MR) is 53.8 cm³/mol. The molecule has 0 bridgehead atoms. The van der Waals surface area contributed by atoms with Gasteiger partial charge in [0.25, 0.3) is 0 Å². The molecule has 2 aliphatic rings. The molecule has 1 aliphatic carbocycles. The lowest BCUT2D eigenvalue weighted by atomic mass is 9.83. The summed E-state index contributed by atoms with van der Waals surface area (Å²) in [4.78, 5) is 2.52. The SMILES string of the molecule is CCO[C@H]1CC[C@H]2CCN(C)[C@H]2C1.